The number of hydrogen-bond donors (Lipinski definition) is 2. The smallest absolute Gasteiger partial charge is 0.303 e. The monoisotopic (exact) mass is 249 g/mol. The van der Waals surface area contributed by atoms with Crippen molar-refractivity contribution in [1.82, 2.24) is 0 Å². The second kappa shape index (κ2) is 5.42. The van der Waals surface area contributed by atoms with E-state index in [1.165, 1.54) is 16.7 Å². The number of carbonyl (C=O) groups is 1. The molecule has 3 heteroatoms. The molecule has 0 heterocycles. The third kappa shape index (κ3) is 4.06. The van der Waals surface area contributed by atoms with Crippen LogP contribution in [0.1, 0.15) is 37.0 Å². The molecule has 0 aliphatic carbocycles. The summed E-state index contributed by atoms with van der Waals surface area (Å²) in [6.07, 6.45) is 0.171. The summed E-state index contributed by atoms with van der Waals surface area (Å²) >= 11 is 0. The van der Waals surface area contributed by atoms with Crippen LogP contribution >= 0.6 is 0 Å². The second-order valence-electron chi connectivity index (χ2n) is 5.84. The van der Waals surface area contributed by atoms with Gasteiger partial charge in [-0.05, 0) is 48.9 Å². The maximum absolute atomic E-state index is 10.8. The molecular formula is C15H23NO2. The van der Waals surface area contributed by atoms with E-state index in [0.717, 1.165) is 5.69 Å². The summed E-state index contributed by atoms with van der Waals surface area (Å²) in [5.74, 6) is -0.751. The quantitative estimate of drug-likeness (QED) is 0.839. The molecule has 0 spiro atoms. The minimum absolute atomic E-state index is 0.171. The Morgan fingerprint density at radius 3 is 2.28 bits per heavy atom. The molecular weight excluding hydrogens is 226 g/mol. The molecule has 0 atom stereocenters. The normalized spacial score (nSPS) is 11.4. The van der Waals surface area contributed by atoms with Crippen molar-refractivity contribution in [3.8, 4) is 0 Å². The second-order valence-corrected chi connectivity index (χ2v) is 5.84. The van der Waals surface area contributed by atoms with Gasteiger partial charge in [0.15, 0.2) is 0 Å². The number of carboxylic acid groups (broad SMARTS) is 1. The summed E-state index contributed by atoms with van der Waals surface area (Å²) in [6.45, 7) is 10.8. The maximum Gasteiger partial charge on any atom is 0.303 e. The Morgan fingerprint density at radius 2 is 1.72 bits per heavy atom. The molecule has 0 aromatic heterocycles. The van der Waals surface area contributed by atoms with E-state index in [-0.39, 0.29) is 11.8 Å². The first-order chi connectivity index (χ1) is 8.21. The molecule has 0 unspecified atom stereocenters. The van der Waals surface area contributed by atoms with Crippen LogP contribution in [0.3, 0.4) is 0 Å². The molecule has 0 amide bonds. The Balaban J connectivity index is 2.74. The molecule has 1 aromatic carbocycles. The van der Waals surface area contributed by atoms with E-state index in [2.05, 4.69) is 38.2 Å². The molecule has 0 aliphatic rings. The Bertz CT molecular complexity index is 450. The van der Waals surface area contributed by atoms with Crippen LogP contribution in [0, 0.1) is 26.2 Å². The summed E-state index contributed by atoms with van der Waals surface area (Å²) < 4.78 is 0. The van der Waals surface area contributed by atoms with Gasteiger partial charge in [-0.15, -0.1) is 0 Å². The number of aryl methyl sites for hydroxylation is 3. The topological polar surface area (TPSA) is 49.3 Å². The third-order valence-corrected chi connectivity index (χ3v) is 3.23. The van der Waals surface area contributed by atoms with Gasteiger partial charge in [-0.25, -0.2) is 0 Å². The molecule has 3 nitrogen and oxygen atoms in total. The predicted molar refractivity (Wildman–Crippen MR) is 75.2 cm³/mol. The molecule has 0 saturated carbocycles. The maximum atomic E-state index is 10.8. The number of carboxylic acids is 1. The highest BCUT2D eigenvalue weighted by Crippen LogP contribution is 2.24. The van der Waals surface area contributed by atoms with Gasteiger partial charge in [-0.3, -0.25) is 4.79 Å². The molecule has 100 valence electrons. The summed E-state index contributed by atoms with van der Waals surface area (Å²) in [7, 11) is 0. The molecule has 1 rings (SSSR count). The standard InChI is InChI=1S/C15H23NO2/c1-10-6-12(3)13(7-11(10)2)16-9-15(4,5)8-14(17)18/h6-7,16H,8-9H2,1-5H3,(H,17,18). The summed E-state index contributed by atoms with van der Waals surface area (Å²) in [5, 5.41) is 12.2. The molecule has 2 N–H and O–H groups in total. The number of rotatable bonds is 5. The fourth-order valence-corrected chi connectivity index (χ4v) is 1.96. The fraction of sp³-hybridized carbons (Fsp3) is 0.533. The molecule has 0 fully saturated rings. The van der Waals surface area contributed by atoms with Crippen LogP contribution in [-0.4, -0.2) is 17.6 Å². The van der Waals surface area contributed by atoms with E-state index >= 15 is 0 Å². The van der Waals surface area contributed by atoms with Gasteiger partial charge < -0.3 is 10.4 Å². The average Bonchev–Trinajstić information content (AvgIpc) is 2.19. The van der Waals surface area contributed by atoms with Crippen molar-refractivity contribution >= 4 is 11.7 Å². The summed E-state index contributed by atoms with van der Waals surface area (Å²) in [6, 6.07) is 4.28. The van der Waals surface area contributed by atoms with Crippen molar-refractivity contribution in [3.05, 3.63) is 28.8 Å². The zero-order valence-electron chi connectivity index (χ0n) is 11.9. The van der Waals surface area contributed by atoms with Crippen molar-refractivity contribution < 1.29 is 9.90 Å². The predicted octanol–water partition coefficient (Wildman–Crippen LogP) is 3.52. The average molecular weight is 249 g/mol. The first-order valence-electron chi connectivity index (χ1n) is 6.25. The van der Waals surface area contributed by atoms with Gasteiger partial charge in [0, 0.05) is 12.2 Å². The van der Waals surface area contributed by atoms with Gasteiger partial charge in [-0.1, -0.05) is 19.9 Å². The molecule has 0 radical (unpaired) electrons. The van der Waals surface area contributed by atoms with Crippen LogP contribution in [0.15, 0.2) is 12.1 Å². The third-order valence-electron chi connectivity index (χ3n) is 3.23. The molecule has 0 saturated heterocycles. The Hall–Kier alpha value is -1.51. The lowest BCUT2D eigenvalue weighted by Crippen LogP contribution is -2.26. The number of nitrogens with one attached hydrogen (secondary N) is 1. The van der Waals surface area contributed by atoms with E-state index in [0.29, 0.717) is 6.54 Å². The van der Waals surface area contributed by atoms with Gasteiger partial charge in [0.2, 0.25) is 0 Å². The molecule has 0 bridgehead atoms. The largest absolute Gasteiger partial charge is 0.481 e. The van der Waals surface area contributed by atoms with Gasteiger partial charge in [-0.2, -0.15) is 0 Å². The zero-order chi connectivity index (χ0) is 13.9. The lowest BCUT2D eigenvalue weighted by Gasteiger charge is -2.24. The minimum atomic E-state index is -0.751. The summed E-state index contributed by atoms with van der Waals surface area (Å²) in [5.41, 5.74) is 4.57. The van der Waals surface area contributed by atoms with Crippen LogP contribution < -0.4 is 5.32 Å². The highest BCUT2D eigenvalue weighted by molar-refractivity contribution is 5.67. The van der Waals surface area contributed by atoms with Crippen LogP contribution in [-0.2, 0) is 4.79 Å². The highest BCUT2D eigenvalue weighted by atomic mass is 16.4. The van der Waals surface area contributed by atoms with Crippen molar-refractivity contribution in [2.45, 2.75) is 41.0 Å². The Kier molecular flexibility index (Phi) is 4.38. The van der Waals surface area contributed by atoms with Gasteiger partial charge >= 0.3 is 5.97 Å². The Labute approximate surface area is 109 Å². The number of anilines is 1. The van der Waals surface area contributed by atoms with Crippen molar-refractivity contribution in [3.63, 3.8) is 0 Å². The van der Waals surface area contributed by atoms with Crippen molar-refractivity contribution in [1.29, 1.82) is 0 Å². The van der Waals surface area contributed by atoms with Crippen LogP contribution in [0.5, 0.6) is 0 Å². The van der Waals surface area contributed by atoms with Crippen LogP contribution in [0.25, 0.3) is 0 Å². The van der Waals surface area contributed by atoms with Crippen molar-refractivity contribution in [2.75, 3.05) is 11.9 Å². The lowest BCUT2D eigenvalue weighted by molar-refractivity contribution is -0.139. The molecule has 0 aliphatic heterocycles. The summed E-state index contributed by atoms with van der Waals surface area (Å²) in [4.78, 5) is 10.8. The van der Waals surface area contributed by atoms with E-state index in [9.17, 15) is 4.79 Å². The number of hydrogen-bond acceptors (Lipinski definition) is 2. The van der Waals surface area contributed by atoms with Crippen molar-refractivity contribution in [2.24, 2.45) is 5.41 Å². The fourth-order valence-electron chi connectivity index (χ4n) is 1.96. The number of benzene rings is 1. The van der Waals surface area contributed by atoms with Gasteiger partial charge in [0.1, 0.15) is 0 Å². The van der Waals surface area contributed by atoms with Crippen LogP contribution in [0.4, 0.5) is 5.69 Å². The van der Waals surface area contributed by atoms with E-state index in [1.807, 2.05) is 13.8 Å². The Morgan fingerprint density at radius 1 is 1.17 bits per heavy atom. The molecule has 1 aromatic rings. The minimum Gasteiger partial charge on any atom is -0.481 e. The van der Waals surface area contributed by atoms with E-state index in [1.54, 1.807) is 0 Å². The zero-order valence-corrected chi connectivity index (χ0v) is 11.9. The van der Waals surface area contributed by atoms with Gasteiger partial charge in [0.05, 0.1) is 6.42 Å². The highest BCUT2D eigenvalue weighted by Gasteiger charge is 2.21. The molecule has 18 heavy (non-hydrogen) atoms. The van der Waals surface area contributed by atoms with Crippen LogP contribution in [0.2, 0.25) is 0 Å². The SMILES string of the molecule is Cc1cc(C)c(NCC(C)(C)CC(=O)O)cc1C. The van der Waals surface area contributed by atoms with Gasteiger partial charge in [0.25, 0.3) is 0 Å². The van der Waals surface area contributed by atoms with E-state index < -0.39 is 5.97 Å². The number of aliphatic carboxylic acids is 1. The first-order valence-corrected chi connectivity index (χ1v) is 6.25. The van der Waals surface area contributed by atoms with E-state index in [4.69, 9.17) is 5.11 Å². The first kappa shape index (κ1) is 14.6. The lowest BCUT2D eigenvalue weighted by atomic mass is 9.89.